The third-order valence-electron chi connectivity index (χ3n) is 9.46. The van der Waals surface area contributed by atoms with Gasteiger partial charge < -0.3 is 19.6 Å². The van der Waals surface area contributed by atoms with Crippen LogP contribution in [0, 0.1) is 18.3 Å². The van der Waals surface area contributed by atoms with Crippen molar-refractivity contribution in [3.63, 3.8) is 0 Å². The Morgan fingerprint density at radius 3 is 2.69 bits per heavy atom. The molecule has 0 radical (unpaired) electrons. The van der Waals surface area contributed by atoms with Crippen molar-refractivity contribution in [2.75, 3.05) is 49.6 Å². The first kappa shape index (κ1) is 28.2. The molecule has 0 aliphatic carbocycles. The predicted octanol–water partition coefficient (Wildman–Crippen LogP) is 4.64. The van der Waals surface area contributed by atoms with Crippen molar-refractivity contribution >= 4 is 28.2 Å². The molecule has 8 heteroatoms. The van der Waals surface area contributed by atoms with Crippen molar-refractivity contribution in [1.82, 2.24) is 19.8 Å². The fourth-order valence-electron chi connectivity index (χ4n) is 7.18. The minimum Gasteiger partial charge on any atom is -0.365 e. The van der Waals surface area contributed by atoms with Crippen molar-refractivity contribution in [2.45, 2.75) is 64.1 Å². The number of carbonyl (C=O) groups excluding carboxylic acids is 1. The molecule has 2 saturated heterocycles. The number of rotatable bonds is 7. The molecule has 2 aromatic carbocycles. The number of amides is 1. The summed E-state index contributed by atoms with van der Waals surface area (Å²) in [6, 6.07) is 15.8. The first-order valence-electron chi connectivity index (χ1n) is 15.3. The maximum absolute atomic E-state index is 12.6. The number of nitriles is 1. The van der Waals surface area contributed by atoms with E-state index in [1.54, 1.807) is 4.90 Å². The molecule has 0 N–H and O–H groups in total. The molecule has 2 fully saturated rings. The highest BCUT2D eigenvalue weighted by Crippen LogP contribution is 2.35. The predicted molar refractivity (Wildman–Crippen MR) is 168 cm³/mol. The second-order valence-corrected chi connectivity index (χ2v) is 12.0. The summed E-state index contributed by atoms with van der Waals surface area (Å²) in [5.74, 6) is 1.79. The molecule has 8 nitrogen and oxygen atoms in total. The summed E-state index contributed by atoms with van der Waals surface area (Å²) < 4.78 is 0. The number of hydrogen-bond donors (Lipinski definition) is 0. The van der Waals surface area contributed by atoms with Crippen LogP contribution in [0.4, 0.5) is 11.5 Å². The van der Waals surface area contributed by atoms with Crippen LogP contribution in [0.2, 0.25) is 0 Å². The van der Waals surface area contributed by atoms with Gasteiger partial charge in [0.15, 0.2) is 0 Å². The van der Waals surface area contributed by atoms with Gasteiger partial charge in [-0.1, -0.05) is 36.9 Å². The number of anilines is 2. The summed E-state index contributed by atoms with van der Waals surface area (Å²) in [4.78, 5) is 32.0. The van der Waals surface area contributed by atoms with Crippen LogP contribution >= 0.6 is 0 Å². The maximum atomic E-state index is 12.6. The molecule has 3 aliphatic rings. The first-order chi connectivity index (χ1) is 20.5. The smallest absolute Gasteiger partial charge is 0.246 e. The molecule has 3 aromatic rings. The van der Waals surface area contributed by atoms with Crippen LogP contribution < -0.4 is 9.80 Å². The van der Waals surface area contributed by atoms with E-state index in [0.717, 1.165) is 56.2 Å². The van der Waals surface area contributed by atoms with Crippen molar-refractivity contribution in [1.29, 1.82) is 5.26 Å². The van der Waals surface area contributed by atoms with E-state index in [-0.39, 0.29) is 11.9 Å². The summed E-state index contributed by atoms with van der Waals surface area (Å²) in [5.41, 5.74) is 4.86. The van der Waals surface area contributed by atoms with Gasteiger partial charge in [0, 0.05) is 55.3 Å². The summed E-state index contributed by atoms with van der Waals surface area (Å²) >= 11 is 0. The zero-order valence-corrected chi connectivity index (χ0v) is 24.9. The van der Waals surface area contributed by atoms with E-state index in [9.17, 15) is 10.1 Å². The Balaban J connectivity index is 1.34. The third-order valence-corrected chi connectivity index (χ3v) is 9.46. The molecule has 0 spiro atoms. The molecule has 1 aromatic heterocycles. The Hall–Kier alpha value is -3.96. The van der Waals surface area contributed by atoms with Gasteiger partial charge in [0.1, 0.15) is 11.6 Å². The Labute approximate surface area is 249 Å². The largest absolute Gasteiger partial charge is 0.365 e. The average molecular weight is 564 g/mol. The van der Waals surface area contributed by atoms with Gasteiger partial charge in [0.25, 0.3) is 0 Å². The minimum atomic E-state index is -0.186. The molecule has 0 bridgehead atoms. The van der Waals surface area contributed by atoms with Crippen LogP contribution in [0.15, 0.2) is 49.1 Å². The van der Waals surface area contributed by atoms with E-state index >= 15 is 0 Å². The molecule has 4 heterocycles. The summed E-state index contributed by atoms with van der Waals surface area (Å²) in [5, 5.41) is 12.1. The minimum absolute atomic E-state index is 0.109. The highest BCUT2D eigenvalue weighted by Gasteiger charge is 2.33. The number of likely N-dealkylation sites (tertiary alicyclic amines) is 1. The molecule has 218 valence electrons. The fourth-order valence-corrected chi connectivity index (χ4v) is 7.18. The topological polar surface area (TPSA) is 79.6 Å². The van der Waals surface area contributed by atoms with Gasteiger partial charge in [-0.15, -0.1) is 0 Å². The summed E-state index contributed by atoms with van der Waals surface area (Å²) in [6.45, 7) is 10.5. The highest BCUT2D eigenvalue weighted by molar-refractivity contribution is 5.97. The lowest BCUT2D eigenvalue weighted by atomic mass is 9.99. The van der Waals surface area contributed by atoms with Crippen molar-refractivity contribution < 1.29 is 4.79 Å². The lowest BCUT2D eigenvalue weighted by molar-refractivity contribution is -0.128. The number of benzene rings is 2. The van der Waals surface area contributed by atoms with Gasteiger partial charge >= 0.3 is 0 Å². The molecular formula is C34H41N7O. The molecule has 6 rings (SSSR count). The summed E-state index contributed by atoms with van der Waals surface area (Å²) in [7, 11) is 2.22. The highest BCUT2D eigenvalue weighted by atomic mass is 16.2. The van der Waals surface area contributed by atoms with E-state index in [2.05, 4.69) is 77.7 Å². The Morgan fingerprint density at radius 1 is 1.10 bits per heavy atom. The second kappa shape index (κ2) is 12.1. The van der Waals surface area contributed by atoms with Gasteiger partial charge in [0.2, 0.25) is 5.91 Å². The number of carbonyl (C=O) groups is 1. The quantitative estimate of drug-likeness (QED) is 0.388. The third kappa shape index (κ3) is 5.46. The molecule has 3 aliphatic heterocycles. The van der Waals surface area contributed by atoms with E-state index in [4.69, 9.17) is 9.97 Å². The molecule has 0 unspecified atom stereocenters. The van der Waals surface area contributed by atoms with Crippen molar-refractivity contribution in [3.8, 4) is 6.07 Å². The Bertz CT molecular complexity index is 1520. The van der Waals surface area contributed by atoms with Gasteiger partial charge in [-0.2, -0.15) is 5.26 Å². The van der Waals surface area contributed by atoms with Gasteiger partial charge in [-0.25, -0.2) is 9.97 Å². The number of piperazine rings is 1. The normalized spacial score (nSPS) is 20.9. The Morgan fingerprint density at radius 2 is 1.93 bits per heavy atom. The molecule has 1 amide bonds. The van der Waals surface area contributed by atoms with Gasteiger partial charge in [-0.05, 0) is 69.3 Å². The lowest BCUT2D eigenvalue weighted by Crippen LogP contribution is -2.55. The molecule has 0 saturated carbocycles. The zero-order valence-electron chi connectivity index (χ0n) is 24.9. The number of nitrogens with zero attached hydrogens (tertiary/aromatic N) is 7. The number of aromatic nitrogens is 2. The van der Waals surface area contributed by atoms with Gasteiger partial charge in [0.05, 0.1) is 30.8 Å². The van der Waals surface area contributed by atoms with Crippen LogP contribution in [-0.4, -0.2) is 77.5 Å². The lowest BCUT2D eigenvalue weighted by Gasteiger charge is -2.42. The van der Waals surface area contributed by atoms with E-state index < -0.39 is 0 Å². The number of aryl methyl sites for hydroxylation is 2. The van der Waals surface area contributed by atoms with Crippen LogP contribution in [-0.2, 0) is 24.2 Å². The number of fused-ring (bicyclic) bond motifs is 2. The maximum Gasteiger partial charge on any atom is 0.246 e. The molecule has 2 atom stereocenters. The Kier molecular flexibility index (Phi) is 8.12. The second-order valence-electron chi connectivity index (χ2n) is 12.0. The molecular weight excluding hydrogens is 522 g/mol. The van der Waals surface area contributed by atoms with E-state index in [1.165, 1.54) is 46.5 Å². The zero-order chi connectivity index (χ0) is 29.2. The SMILES string of the molecule is C=CC(=O)N1CCN(c2nc(CC[C@@H]3CCCN3C)nc3c2CCN(c2cccc4cccc(C)c24)C3)C[C@@H]1CC#N. The molecule has 42 heavy (non-hydrogen) atoms. The first-order valence-corrected chi connectivity index (χ1v) is 15.3. The fraction of sp³-hybridized carbons (Fsp3) is 0.471. The number of hydrogen-bond acceptors (Lipinski definition) is 7. The van der Waals surface area contributed by atoms with Crippen LogP contribution in [0.5, 0.6) is 0 Å². The van der Waals surface area contributed by atoms with E-state index in [1.807, 2.05) is 0 Å². The van der Waals surface area contributed by atoms with Crippen LogP contribution in [0.3, 0.4) is 0 Å². The summed E-state index contributed by atoms with van der Waals surface area (Å²) in [6.07, 6.45) is 6.89. The van der Waals surface area contributed by atoms with Crippen molar-refractivity contribution in [2.24, 2.45) is 0 Å². The van der Waals surface area contributed by atoms with Crippen LogP contribution in [0.25, 0.3) is 10.8 Å². The van der Waals surface area contributed by atoms with Crippen LogP contribution in [0.1, 0.15) is 48.3 Å². The average Bonchev–Trinajstić information content (AvgIpc) is 3.43. The van der Waals surface area contributed by atoms with Gasteiger partial charge in [-0.3, -0.25) is 4.79 Å². The van der Waals surface area contributed by atoms with E-state index in [0.29, 0.717) is 32.1 Å². The van der Waals surface area contributed by atoms with Crippen molar-refractivity contribution in [3.05, 3.63) is 71.7 Å². The standard InChI is InChI=1S/C34H41N7O/c1-4-32(42)41-21-20-40(22-27(41)15-17-35)34-28-16-19-39(30-12-6-10-25-9-5-8-24(2)33(25)30)23-29(28)36-31(37-34)14-13-26-11-7-18-38(26)3/h4-6,8-10,12,26-27H,1,7,11,13-16,18-23H2,2-3H3/t26-,27-/m0/s1. The monoisotopic (exact) mass is 563 g/mol.